The maximum Gasteiger partial charge on any atom is 0.142 e. The molecule has 2 rings (SSSR count). The van der Waals surface area contributed by atoms with E-state index in [1.807, 2.05) is 6.07 Å². The minimum Gasteiger partial charge on any atom is -0.314 e. The lowest BCUT2D eigenvalue weighted by Gasteiger charge is -2.27. The number of nitrogens with zero attached hydrogens (tertiary/aromatic N) is 1. The van der Waals surface area contributed by atoms with Gasteiger partial charge in [0.15, 0.2) is 0 Å². The lowest BCUT2D eigenvalue weighted by molar-refractivity contribution is 0.244. The lowest BCUT2D eigenvalue weighted by Crippen LogP contribution is -2.44. The van der Waals surface area contributed by atoms with Crippen LogP contribution in [-0.4, -0.2) is 37.6 Å². The van der Waals surface area contributed by atoms with Crippen molar-refractivity contribution in [1.29, 1.82) is 0 Å². The molecule has 4 heteroatoms. The predicted molar refractivity (Wildman–Crippen MR) is 64.4 cm³/mol. The Balaban J connectivity index is 1.91. The van der Waals surface area contributed by atoms with Crippen molar-refractivity contribution in [2.45, 2.75) is 6.42 Å². The zero-order valence-corrected chi connectivity index (χ0v) is 9.93. The molecule has 2 nitrogen and oxygen atoms in total. The molecule has 0 aromatic heterocycles. The molecule has 1 aromatic rings. The van der Waals surface area contributed by atoms with E-state index in [9.17, 15) is 4.39 Å². The van der Waals surface area contributed by atoms with Crippen LogP contribution >= 0.6 is 11.6 Å². The zero-order valence-electron chi connectivity index (χ0n) is 9.18. The Kier molecular flexibility index (Phi) is 4.16. The topological polar surface area (TPSA) is 15.3 Å². The highest BCUT2D eigenvalue weighted by Crippen LogP contribution is 2.20. The fraction of sp³-hybridized carbons (Fsp3) is 0.500. The fourth-order valence-electron chi connectivity index (χ4n) is 1.95. The van der Waals surface area contributed by atoms with Gasteiger partial charge < -0.3 is 10.2 Å². The van der Waals surface area contributed by atoms with Crippen molar-refractivity contribution in [3.8, 4) is 0 Å². The van der Waals surface area contributed by atoms with E-state index in [4.69, 9.17) is 11.6 Å². The second-order valence-corrected chi connectivity index (χ2v) is 4.43. The first-order valence-electron chi connectivity index (χ1n) is 5.63. The number of benzene rings is 1. The van der Waals surface area contributed by atoms with Crippen LogP contribution in [0.3, 0.4) is 0 Å². The van der Waals surface area contributed by atoms with Crippen LogP contribution < -0.4 is 5.32 Å². The Bertz CT molecular complexity index is 351. The standard InChI is InChI=1S/C12H16ClFN2/c13-12-10(2-1-3-11(12)14)4-7-16-8-5-15-6-9-16/h1-3,15H,4-9H2. The number of hydrogen-bond acceptors (Lipinski definition) is 2. The van der Waals surface area contributed by atoms with Crippen molar-refractivity contribution in [2.24, 2.45) is 0 Å². The second-order valence-electron chi connectivity index (χ2n) is 4.05. The average Bonchev–Trinajstić information content (AvgIpc) is 2.32. The first-order valence-corrected chi connectivity index (χ1v) is 6.01. The molecule has 1 fully saturated rings. The molecule has 1 saturated heterocycles. The molecule has 0 spiro atoms. The Hall–Kier alpha value is -0.640. The third-order valence-electron chi connectivity index (χ3n) is 2.94. The van der Waals surface area contributed by atoms with Gasteiger partial charge in [0.2, 0.25) is 0 Å². The van der Waals surface area contributed by atoms with Gasteiger partial charge in [0.05, 0.1) is 5.02 Å². The second kappa shape index (κ2) is 5.62. The highest BCUT2D eigenvalue weighted by atomic mass is 35.5. The number of nitrogens with one attached hydrogen (secondary N) is 1. The van der Waals surface area contributed by atoms with Crippen molar-refractivity contribution in [3.63, 3.8) is 0 Å². The van der Waals surface area contributed by atoms with Gasteiger partial charge in [0.1, 0.15) is 5.82 Å². The van der Waals surface area contributed by atoms with Gasteiger partial charge in [-0.1, -0.05) is 23.7 Å². The molecule has 0 bridgehead atoms. The van der Waals surface area contributed by atoms with Crippen LogP contribution in [-0.2, 0) is 6.42 Å². The van der Waals surface area contributed by atoms with E-state index in [0.717, 1.165) is 44.7 Å². The van der Waals surface area contributed by atoms with Gasteiger partial charge in [-0.15, -0.1) is 0 Å². The van der Waals surface area contributed by atoms with Gasteiger partial charge in [-0.2, -0.15) is 0 Å². The number of halogens is 2. The van der Waals surface area contributed by atoms with Gasteiger partial charge in [-0.3, -0.25) is 0 Å². The smallest absolute Gasteiger partial charge is 0.142 e. The van der Waals surface area contributed by atoms with Crippen molar-refractivity contribution in [1.82, 2.24) is 10.2 Å². The molecule has 0 radical (unpaired) electrons. The Morgan fingerprint density at radius 2 is 2.06 bits per heavy atom. The molecule has 1 aliphatic rings. The van der Waals surface area contributed by atoms with Gasteiger partial charge in [0, 0.05) is 32.7 Å². The highest BCUT2D eigenvalue weighted by Gasteiger charge is 2.11. The van der Waals surface area contributed by atoms with Crippen LogP contribution in [0.15, 0.2) is 18.2 Å². The molecule has 0 atom stereocenters. The maximum absolute atomic E-state index is 13.2. The van der Waals surface area contributed by atoms with E-state index in [1.54, 1.807) is 6.07 Å². The minimum atomic E-state index is -0.320. The quantitative estimate of drug-likeness (QED) is 0.872. The molecule has 0 amide bonds. The minimum absolute atomic E-state index is 0.276. The van der Waals surface area contributed by atoms with E-state index in [1.165, 1.54) is 6.07 Å². The van der Waals surface area contributed by atoms with Crippen molar-refractivity contribution in [3.05, 3.63) is 34.6 Å². The van der Waals surface area contributed by atoms with Crippen LogP contribution in [0, 0.1) is 5.82 Å². The molecule has 0 aliphatic carbocycles. The van der Waals surface area contributed by atoms with Crippen molar-refractivity contribution < 1.29 is 4.39 Å². The monoisotopic (exact) mass is 242 g/mol. The van der Waals surface area contributed by atoms with Crippen LogP contribution in [0.5, 0.6) is 0 Å². The van der Waals surface area contributed by atoms with Crippen LogP contribution in [0.25, 0.3) is 0 Å². The van der Waals surface area contributed by atoms with Crippen molar-refractivity contribution >= 4 is 11.6 Å². The summed E-state index contributed by atoms with van der Waals surface area (Å²) in [6.45, 7) is 5.15. The summed E-state index contributed by atoms with van der Waals surface area (Å²) in [6.07, 6.45) is 0.816. The van der Waals surface area contributed by atoms with Gasteiger partial charge in [-0.05, 0) is 18.1 Å². The van der Waals surface area contributed by atoms with Crippen LogP contribution in [0.1, 0.15) is 5.56 Å². The highest BCUT2D eigenvalue weighted by molar-refractivity contribution is 6.31. The molecule has 88 valence electrons. The summed E-state index contributed by atoms with van der Waals surface area (Å²) in [5.41, 5.74) is 0.903. The van der Waals surface area contributed by atoms with E-state index < -0.39 is 0 Å². The lowest BCUT2D eigenvalue weighted by atomic mass is 10.1. The third kappa shape index (κ3) is 2.94. The predicted octanol–water partition coefficient (Wildman–Crippen LogP) is 1.93. The summed E-state index contributed by atoms with van der Waals surface area (Å²) in [4.78, 5) is 2.37. The first kappa shape index (κ1) is 11.8. The Morgan fingerprint density at radius 3 is 2.81 bits per heavy atom. The van der Waals surface area contributed by atoms with E-state index in [-0.39, 0.29) is 10.8 Å². The molecule has 1 aliphatic heterocycles. The summed E-state index contributed by atoms with van der Waals surface area (Å²) < 4.78 is 13.2. The van der Waals surface area contributed by atoms with Gasteiger partial charge in [0.25, 0.3) is 0 Å². The first-order chi connectivity index (χ1) is 7.77. The third-order valence-corrected chi connectivity index (χ3v) is 3.36. The summed E-state index contributed by atoms with van der Waals surface area (Å²) >= 11 is 5.91. The van der Waals surface area contributed by atoms with Crippen LogP contribution in [0.2, 0.25) is 5.02 Å². The van der Waals surface area contributed by atoms with Gasteiger partial charge >= 0.3 is 0 Å². The Labute approximate surface area is 100 Å². The molecule has 1 heterocycles. The van der Waals surface area contributed by atoms with E-state index >= 15 is 0 Å². The molecule has 0 saturated carbocycles. The normalized spacial score (nSPS) is 17.6. The number of rotatable bonds is 3. The van der Waals surface area contributed by atoms with Crippen molar-refractivity contribution in [2.75, 3.05) is 32.7 Å². The van der Waals surface area contributed by atoms with Gasteiger partial charge in [-0.25, -0.2) is 4.39 Å². The van der Waals surface area contributed by atoms with E-state index in [2.05, 4.69) is 10.2 Å². The summed E-state index contributed by atoms with van der Waals surface area (Å²) in [6, 6.07) is 5.01. The SMILES string of the molecule is Fc1cccc(CCN2CCNCC2)c1Cl. The molecule has 1 aromatic carbocycles. The Morgan fingerprint density at radius 1 is 1.31 bits per heavy atom. The molecular weight excluding hydrogens is 227 g/mol. The summed E-state index contributed by atoms with van der Waals surface area (Å²) in [5, 5.41) is 3.58. The summed E-state index contributed by atoms with van der Waals surface area (Å²) in [7, 11) is 0. The molecule has 16 heavy (non-hydrogen) atoms. The average molecular weight is 243 g/mol. The molecule has 1 N–H and O–H groups in total. The molecular formula is C12H16ClFN2. The zero-order chi connectivity index (χ0) is 11.4. The van der Waals surface area contributed by atoms with Crippen LogP contribution in [0.4, 0.5) is 4.39 Å². The fourth-order valence-corrected chi connectivity index (χ4v) is 2.18. The number of hydrogen-bond donors (Lipinski definition) is 1. The maximum atomic E-state index is 13.2. The summed E-state index contributed by atoms with van der Waals surface area (Å²) in [5.74, 6) is -0.320. The largest absolute Gasteiger partial charge is 0.314 e. The molecule has 0 unspecified atom stereocenters. The van der Waals surface area contributed by atoms with E-state index in [0.29, 0.717) is 0 Å². The number of piperazine rings is 1.